The van der Waals surface area contributed by atoms with Crippen LogP contribution in [0.2, 0.25) is 0 Å². The smallest absolute Gasteiger partial charge is 0.339 e. The maximum absolute atomic E-state index is 11.1. The van der Waals surface area contributed by atoms with E-state index in [0.717, 1.165) is 12.1 Å². The number of nitrogens with one attached hydrogen (secondary N) is 2. The van der Waals surface area contributed by atoms with Crippen molar-refractivity contribution in [3.63, 3.8) is 0 Å². The molecule has 0 spiro atoms. The Bertz CT molecular complexity index is 511. The van der Waals surface area contributed by atoms with Crippen molar-refractivity contribution in [3.05, 3.63) is 23.8 Å². The Kier molecular flexibility index (Phi) is 3.35. The van der Waals surface area contributed by atoms with Crippen molar-refractivity contribution in [2.45, 2.75) is 0 Å². The molecule has 0 heterocycles. The van der Waals surface area contributed by atoms with Gasteiger partial charge in [-0.05, 0) is 12.1 Å². The highest BCUT2D eigenvalue weighted by Gasteiger charge is 2.12. The maximum atomic E-state index is 11.1. The summed E-state index contributed by atoms with van der Waals surface area (Å²) in [7, 11) is -2.46. The number of carbonyl (C=O) groups is 1. The highest BCUT2D eigenvalue weighted by atomic mass is 32.2. The van der Waals surface area contributed by atoms with E-state index in [1.807, 2.05) is 4.72 Å². The molecule has 7 nitrogen and oxygen atoms in total. The molecule has 0 amide bonds. The van der Waals surface area contributed by atoms with Crippen LogP contribution < -0.4 is 9.44 Å². The standard InChI is InChI=1S/C8H10N2O5S/c1-9-16(14,15)10-5-2-3-6(8(12)13)7(11)4-5/h2-4,9-11H,1H3,(H,12,13). The van der Waals surface area contributed by atoms with Crippen molar-refractivity contribution < 1.29 is 23.4 Å². The monoisotopic (exact) mass is 246 g/mol. The molecule has 0 aliphatic carbocycles. The van der Waals surface area contributed by atoms with Crippen LogP contribution in [0.1, 0.15) is 10.4 Å². The number of carboxylic acids is 1. The summed E-state index contributed by atoms with van der Waals surface area (Å²) >= 11 is 0. The number of hydrogen-bond acceptors (Lipinski definition) is 4. The van der Waals surface area contributed by atoms with Crippen LogP contribution in [0.25, 0.3) is 0 Å². The lowest BCUT2D eigenvalue weighted by Crippen LogP contribution is -2.26. The number of carboxylic acid groups (broad SMARTS) is 1. The van der Waals surface area contributed by atoms with Crippen LogP contribution >= 0.6 is 0 Å². The summed E-state index contributed by atoms with van der Waals surface area (Å²) in [5.74, 6) is -1.80. The zero-order chi connectivity index (χ0) is 12.3. The fourth-order valence-electron chi connectivity index (χ4n) is 0.982. The topological polar surface area (TPSA) is 116 Å². The molecule has 88 valence electrons. The fourth-order valence-corrected chi connectivity index (χ4v) is 1.52. The Morgan fingerprint density at radius 3 is 2.44 bits per heavy atom. The van der Waals surface area contributed by atoms with Crippen LogP contribution in [0.4, 0.5) is 5.69 Å². The van der Waals surface area contributed by atoms with Crippen LogP contribution in [-0.2, 0) is 10.2 Å². The van der Waals surface area contributed by atoms with Crippen LogP contribution in [-0.4, -0.2) is 31.6 Å². The Balaban J connectivity index is 3.03. The van der Waals surface area contributed by atoms with Gasteiger partial charge in [-0.3, -0.25) is 4.72 Å². The predicted molar refractivity (Wildman–Crippen MR) is 56.7 cm³/mol. The lowest BCUT2D eigenvalue weighted by Gasteiger charge is -2.07. The van der Waals surface area contributed by atoms with E-state index in [9.17, 15) is 18.3 Å². The van der Waals surface area contributed by atoms with Crippen molar-refractivity contribution in [3.8, 4) is 5.75 Å². The van der Waals surface area contributed by atoms with Crippen LogP contribution in [0.3, 0.4) is 0 Å². The van der Waals surface area contributed by atoms with Gasteiger partial charge in [0.05, 0.1) is 5.69 Å². The normalized spacial score (nSPS) is 11.1. The summed E-state index contributed by atoms with van der Waals surface area (Å²) in [6, 6.07) is 3.35. The van der Waals surface area contributed by atoms with E-state index >= 15 is 0 Å². The fraction of sp³-hybridized carbons (Fsp3) is 0.125. The Labute approximate surface area is 91.9 Å². The second kappa shape index (κ2) is 4.37. The summed E-state index contributed by atoms with van der Waals surface area (Å²) in [6.07, 6.45) is 0. The first-order chi connectivity index (χ1) is 7.35. The Morgan fingerprint density at radius 2 is 2.00 bits per heavy atom. The molecule has 0 fully saturated rings. The zero-order valence-electron chi connectivity index (χ0n) is 8.26. The third kappa shape index (κ3) is 2.84. The number of aromatic hydroxyl groups is 1. The minimum atomic E-state index is -3.68. The number of rotatable bonds is 4. The lowest BCUT2D eigenvalue weighted by atomic mass is 10.2. The molecular weight excluding hydrogens is 236 g/mol. The van der Waals surface area contributed by atoms with Gasteiger partial charge in [0.1, 0.15) is 11.3 Å². The first-order valence-corrected chi connectivity index (χ1v) is 5.61. The van der Waals surface area contributed by atoms with Gasteiger partial charge in [-0.25, -0.2) is 9.52 Å². The van der Waals surface area contributed by atoms with Gasteiger partial charge < -0.3 is 10.2 Å². The van der Waals surface area contributed by atoms with Gasteiger partial charge >= 0.3 is 5.97 Å². The van der Waals surface area contributed by atoms with E-state index < -0.39 is 21.9 Å². The average molecular weight is 246 g/mol. The molecule has 0 saturated heterocycles. The first kappa shape index (κ1) is 12.3. The van der Waals surface area contributed by atoms with Crippen LogP contribution in [0.15, 0.2) is 18.2 Å². The van der Waals surface area contributed by atoms with Crippen molar-refractivity contribution in [1.82, 2.24) is 4.72 Å². The first-order valence-electron chi connectivity index (χ1n) is 4.13. The minimum Gasteiger partial charge on any atom is -0.507 e. The SMILES string of the molecule is CNS(=O)(=O)Nc1ccc(C(=O)O)c(O)c1. The Hall–Kier alpha value is -1.80. The number of anilines is 1. The third-order valence-electron chi connectivity index (χ3n) is 1.75. The molecule has 0 radical (unpaired) electrons. The second-order valence-corrected chi connectivity index (χ2v) is 4.47. The van der Waals surface area contributed by atoms with E-state index in [1.54, 1.807) is 0 Å². The van der Waals surface area contributed by atoms with Gasteiger partial charge in [0.15, 0.2) is 0 Å². The summed E-state index contributed by atoms with van der Waals surface area (Å²) in [5, 5.41) is 17.9. The van der Waals surface area contributed by atoms with E-state index in [-0.39, 0.29) is 11.3 Å². The molecule has 1 aromatic carbocycles. The number of aromatic carboxylic acids is 1. The van der Waals surface area contributed by atoms with Crippen LogP contribution in [0, 0.1) is 0 Å². The summed E-state index contributed by atoms with van der Waals surface area (Å²) in [4.78, 5) is 10.6. The Morgan fingerprint density at radius 1 is 1.38 bits per heavy atom. The molecule has 0 unspecified atom stereocenters. The molecule has 1 rings (SSSR count). The second-order valence-electron chi connectivity index (χ2n) is 2.85. The molecule has 0 saturated carbocycles. The van der Waals surface area contributed by atoms with Crippen molar-refractivity contribution in [1.29, 1.82) is 0 Å². The minimum absolute atomic E-state index is 0.0665. The molecule has 16 heavy (non-hydrogen) atoms. The van der Waals surface area contributed by atoms with Crippen molar-refractivity contribution in [2.24, 2.45) is 0 Å². The van der Waals surface area contributed by atoms with E-state index in [4.69, 9.17) is 5.11 Å². The molecule has 4 N–H and O–H groups in total. The highest BCUT2D eigenvalue weighted by Crippen LogP contribution is 2.22. The molecule has 0 bridgehead atoms. The molecular formula is C8H10N2O5S. The summed E-state index contributed by atoms with van der Waals surface area (Å²) < 4.78 is 26.3. The quantitative estimate of drug-likeness (QED) is 0.595. The molecule has 8 heteroatoms. The van der Waals surface area contributed by atoms with Gasteiger partial charge in [-0.2, -0.15) is 8.42 Å². The van der Waals surface area contributed by atoms with E-state index in [2.05, 4.69) is 4.72 Å². The van der Waals surface area contributed by atoms with Crippen LogP contribution in [0.5, 0.6) is 5.75 Å². The largest absolute Gasteiger partial charge is 0.507 e. The van der Waals surface area contributed by atoms with E-state index in [1.165, 1.54) is 13.1 Å². The number of phenols is 1. The third-order valence-corrected chi connectivity index (χ3v) is 2.79. The predicted octanol–water partition coefficient (Wildman–Crippen LogP) is -0.0335. The maximum Gasteiger partial charge on any atom is 0.339 e. The summed E-state index contributed by atoms with van der Waals surface area (Å²) in [6.45, 7) is 0. The molecule has 0 aliphatic heterocycles. The van der Waals surface area contributed by atoms with Crippen molar-refractivity contribution >= 4 is 21.9 Å². The molecule has 0 atom stereocenters. The van der Waals surface area contributed by atoms with Gasteiger partial charge in [-0.1, -0.05) is 0 Å². The van der Waals surface area contributed by atoms with Gasteiger partial charge in [-0.15, -0.1) is 0 Å². The summed E-state index contributed by atoms with van der Waals surface area (Å²) in [5.41, 5.74) is -0.232. The molecule has 1 aromatic rings. The van der Waals surface area contributed by atoms with Gasteiger partial charge in [0.25, 0.3) is 10.2 Å². The average Bonchev–Trinajstić information content (AvgIpc) is 2.16. The van der Waals surface area contributed by atoms with Gasteiger partial charge in [0.2, 0.25) is 0 Å². The lowest BCUT2D eigenvalue weighted by molar-refractivity contribution is 0.0694. The zero-order valence-corrected chi connectivity index (χ0v) is 9.08. The molecule has 0 aliphatic rings. The highest BCUT2D eigenvalue weighted by molar-refractivity contribution is 7.90. The number of benzene rings is 1. The van der Waals surface area contributed by atoms with Gasteiger partial charge in [0, 0.05) is 13.1 Å². The van der Waals surface area contributed by atoms with E-state index in [0.29, 0.717) is 0 Å². The molecule has 0 aromatic heterocycles. The van der Waals surface area contributed by atoms with Crippen molar-refractivity contribution in [2.75, 3.05) is 11.8 Å². The number of hydrogen-bond donors (Lipinski definition) is 4.